The van der Waals surface area contributed by atoms with E-state index in [2.05, 4.69) is 0 Å². The minimum absolute atomic E-state index is 0.0147. The molecular weight excluding hydrogens is 542 g/mol. The number of cyclic esters (lactones) is 3. The fourth-order valence-electron chi connectivity index (χ4n) is 5.58. The summed E-state index contributed by atoms with van der Waals surface area (Å²) >= 11 is 0. The van der Waals surface area contributed by atoms with Crippen molar-refractivity contribution in [2.45, 2.75) is 83.8 Å². The molecule has 1 aromatic rings. The van der Waals surface area contributed by atoms with E-state index in [1.807, 2.05) is 41.5 Å². The topological polar surface area (TPSA) is 143 Å². The van der Waals surface area contributed by atoms with E-state index in [0.717, 1.165) is 6.42 Å². The fourth-order valence-corrected chi connectivity index (χ4v) is 6.42. The van der Waals surface area contributed by atoms with Gasteiger partial charge in [-0.05, 0) is 29.9 Å². The average Bonchev–Trinajstić information content (AvgIpc) is 3.61. The number of hydrogen-bond acceptors (Lipinski definition) is 8. The molecule has 3 heterocycles. The summed E-state index contributed by atoms with van der Waals surface area (Å²) in [5, 5.41) is 0. The number of carbonyl (C=O) groups is 3. The predicted molar refractivity (Wildman–Crippen MR) is 147 cm³/mol. The van der Waals surface area contributed by atoms with Gasteiger partial charge in [0.05, 0.1) is 35.2 Å². The first-order valence-electron chi connectivity index (χ1n) is 13.9. The van der Waals surface area contributed by atoms with E-state index in [-0.39, 0.29) is 60.7 Å². The molecular formula is C27H39N3O9S. The van der Waals surface area contributed by atoms with Gasteiger partial charge in [0.1, 0.15) is 24.7 Å². The highest BCUT2D eigenvalue weighted by Gasteiger charge is 2.46. The van der Waals surface area contributed by atoms with Crippen molar-refractivity contribution in [3.05, 3.63) is 12.1 Å². The lowest BCUT2D eigenvalue weighted by atomic mass is 9.96. The Balaban J connectivity index is 2.05. The fraction of sp³-hybridized carbons (Fsp3) is 0.667. The molecule has 13 heteroatoms. The molecule has 0 radical (unpaired) electrons. The standard InChI is InChI=1S/C27H39N3O9S/c1-7-15(4)21-12-37-25(31)28(21)18-10-19(29-22(16(5)8-2)13-38-26(29)32)24(40(34,35)36)20(11-18)30-23(17(6)9-3)14-39-27(30)33/h10-11,15-17,21-23H,7-9,12-14H2,1-6H3,(H,34,35,36)/t15-,16-,17-,21+,22+,23+/m0/s1. The highest BCUT2D eigenvalue weighted by Crippen LogP contribution is 2.45. The zero-order chi connectivity index (χ0) is 29.5. The van der Waals surface area contributed by atoms with Crippen molar-refractivity contribution >= 4 is 45.5 Å². The summed E-state index contributed by atoms with van der Waals surface area (Å²) in [6.07, 6.45) is -0.147. The predicted octanol–water partition coefficient (Wildman–Crippen LogP) is 5.05. The van der Waals surface area contributed by atoms with Crippen LogP contribution in [-0.4, -0.2) is 69.2 Å². The summed E-state index contributed by atoms with van der Waals surface area (Å²) in [6, 6.07) is 1.30. The molecule has 0 saturated carbocycles. The molecule has 4 rings (SSSR count). The summed E-state index contributed by atoms with van der Waals surface area (Å²) in [4.78, 5) is 42.5. The maximum absolute atomic E-state index is 13.1. The lowest BCUT2D eigenvalue weighted by Gasteiger charge is -2.33. The largest absolute Gasteiger partial charge is 0.447 e. The van der Waals surface area contributed by atoms with Gasteiger partial charge in [0.25, 0.3) is 10.1 Å². The van der Waals surface area contributed by atoms with Crippen LogP contribution in [0, 0.1) is 17.8 Å². The van der Waals surface area contributed by atoms with Gasteiger partial charge in [-0.3, -0.25) is 19.3 Å². The molecule has 0 spiro atoms. The first kappa shape index (κ1) is 29.9. The molecule has 222 valence electrons. The van der Waals surface area contributed by atoms with Gasteiger partial charge in [0.2, 0.25) is 0 Å². The van der Waals surface area contributed by atoms with E-state index in [4.69, 9.17) is 14.2 Å². The van der Waals surface area contributed by atoms with E-state index in [1.165, 1.54) is 26.8 Å². The number of anilines is 3. The zero-order valence-electron chi connectivity index (χ0n) is 23.8. The summed E-state index contributed by atoms with van der Waals surface area (Å²) < 4.78 is 52.9. The Morgan fingerprint density at radius 2 is 1.05 bits per heavy atom. The Morgan fingerprint density at radius 3 is 1.38 bits per heavy atom. The van der Waals surface area contributed by atoms with Crippen LogP contribution in [0.3, 0.4) is 0 Å². The van der Waals surface area contributed by atoms with Gasteiger partial charge in [-0.1, -0.05) is 60.8 Å². The van der Waals surface area contributed by atoms with Crippen LogP contribution in [-0.2, 0) is 24.3 Å². The third kappa shape index (κ3) is 5.20. The molecule has 3 aliphatic heterocycles. The lowest BCUT2D eigenvalue weighted by Crippen LogP contribution is -2.42. The minimum Gasteiger partial charge on any atom is -0.447 e. The van der Waals surface area contributed by atoms with E-state index >= 15 is 0 Å². The number of nitrogens with zero attached hydrogens (tertiary/aromatic N) is 3. The molecule has 12 nitrogen and oxygen atoms in total. The highest BCUT2D eigenvalue weighted by atomic mass is 32.2. The quantitative estimate of drug-likeness (QED) is 0.297. The molecule has 3 fully saturated rings. The van der Waals surface area contributed by atoms with Crippen molar-refractivity contribution in [3.8, 4) is 0 Å². The maximum Gasteiger partial charge on any atom is 0.414 e. The van der Waals surface area contributed by atoms with Gasteiger partial charge in [-0.15, -0.1) is 0 Å². The maximum atomic E-state index is 13.1. The van der Waals surface area contributed by atoms with Gasteiger partial charge in [0.15, 0.2) is 0 Å². The number of carbonyl (C=O) groups excluding carboxylic acids is 3. The van der Waals surface area contributed by atoms with Gasteiger partial charge in [-0.25, -0.2) is 14.4 Å². The van der Waals surface area contributed by atoms with Crippen molar-refractivity contribution in [2.75, 3.05) is 34.5 Å². The smallest absolute Gasteiger partial charge is 0.414 e. The highest BCUT2D eigenvalue weighted by molar-refractivity contribution is 7.86. The van der Waals surface area contributed by atoms with Crippen LogP contribution >= 0.6 is 0 Å². The Morgan fingerprint density at radius 1 is 0.725 bits per heavy atom. The van der Waals surface area contributed by atoms with Crippen molar-refractivity contribution in [3.63, 3.8) is 0 Å². The van der Waals surface area contributed by atoms with Crippen LogP contribution in [0.25, 0.3) is 0 Å². The van der Waals surface area contributed by atoms with Crippen molar-refractivity contribution in [2.24, 2.45) is 17.8 Å². The molecule has 1 aromatic carbocycles. The molecule has 3 aliphatic rings. The van der Waals surface area contributed by atoms with Gasteiger partial charge >= 0.3 is 18.3 Å². The first-order chi connectivity index (χ1) is 18.8. The van der Waals surface area contributed by atoms with Crippen LogP contribution in [0.15, 0.2) is 17.0 Å². The number of rotatable bonds is 10. The average molecular weight is 582 g/mol. The SMILES string of the molecule is CC[C@H](C)[C@H]1COC(=O)N1c1cc(N2C(=O)OC[C@@H]2[C@@H](C)CC)c(S(=O)(=O)O)c(N2C(=O)OC[C@@H]2[C@@H](C)CC)c1. The van der Waals surface area contributed by atoms with Gasteiger partial charge in [0, 0.05) is 0 Å². The van der Waals surface area contributed by atoms with Crippen LogP contribution in [0.2, 0.25) is 0 Å². The van der Waals surface area contributed by atoms with Crippen molar-refractivity contribution in [1.82, 2.24) is 0 Å². The second-order valence-corrected chi connectivity index (χ2v) is 12.3. The molecule has 0 unspecified atom stereocenters. The summed E-state index contributed by atoms with van der Waals surface area (Å²) in [5.74, 6) is -0.169. The molecule has 0 aliphatic carbocycles. The minimum atomic E-state index is -5.02. The third-order valence-corrected chi connectivity index (χ3v) is 9.64. The number of hydrogen-bond donors (Lipinski definition) is 1. The normalized spacial score (nSPS) is 25.6. The number of amides is 3. The van der Waals surface area contributed by atoms with Gasteiger partial charge < -0.3 is 14.2 Å². The lowest BCUT2D eigenvalue weighted by molar-refractivity contribution is 0.175. The van der Waals surface area contributed by atoms with E-state index in [0.29, 0.717) is 12.8 Å². The second kappa shape index (κ2) is 11.4. The Labute approximate surface area is 235 Å². The summed E-state index contributed by atoms with van der Waals surface area (Å²) in [5.41, 5.74) is -0.114. The second-order valence-electron chi connectivity index (χ2n) is 11.0. The zero-order valence-corrected chi connectivity index (χ0v) is 24.6. The van der Waals surface area contributed by atoms with Crippen molar-refractivity contribution < 1.29 is 41.6 Å². The summed E-state index contributed by atoms with van der Waals surface area (Å²) in [7, 11) is -5.02. The molecule has 3 saturated heterocycles. The molecule has 0 aromatic heterocycles. The van der Waals surface area contributed by atoms with Gasteiger partial charge in [-0.2, -0.15) is 8.42 Å². The van der Waals surface area contributed by atoms with Crippen LogP contribution < -0.4 is 14.7 Å². The number of ether oxygens (including phenoxy) is 3. The summed E-state index contributed by atoms with van der Waals surface area (Å²) in [6.45, 7) is 11.8. The van der Waals surface area contributed by atoms with Crippen molar-refractivity contribution in [1.29, 1.82) is 0 Å². The monoisotopic (exact) mass is 581 g/mol. The van der Waals surface area contributed by atoms with E-state index < -0.39 is 45.4 Å². The van der Waals surface area contributed by atoms with Crippen LogP contribution in [0.4, 0.5) is 31.4 Å². The number of benzene rings is 1. The molecule has 3 amide bonds. The Kier molecular flexibility index (Phi) is 8.55. The Bertz CT molecular complexity index is 1210. The van der Waals surface area contributed by atoms with E-state index in [1.54, 1.807) is 0 Å². The van der Waals surface area contributed by atoms with Crippen LogP contribution in [0.5, 0.6) is 0 Å². The Hall–Kier alpha value is -3.06. The van der Waals surface area contributed by atoms with Crippen LogP contribution in [0.1, 0.15) is 60.8 Å². The third-order valence-electron chi connectivity index (χ3n) is 8.71. The first-order valence-corrected chi connectivity index (χ1v) is 15.3. The molecule has 0 bridgehead atoms. The molecule has 6 atom stereocenters. The van der Waals surface area contributed by atoms with E-state index in [9.17, 15) is 27.4 Å². The molecule has 1 N–H and O–H groups in total. The molecule has 40 heavy (non-hydrogen) atoms.